The number of hydrogen-bond acceptors (Lipinski definition) is 5. The molecule has 0 spiro atoms. The fourth-order valence-electron chi connectivity index (χ4n) is 1.50. The van der Waals surface area contributed by atoms with E-state index in [-0.39, 0.29) is 5.56 Å². The van der Waals surface area contributed by atoms with Crippen LogP contribution in [0.5, 0.6) is 0 Å². The lowest BCUT2D eigenvalue weighted by molar-refractivity contribution is 0.846. The maximum absolute atomic E-state index is 12.0. The first kappa shape index (κ1) is 10.1. The van der Waals surface area contributed by atoms with Gasteiger partial charge in [0, 0.05) is 11.9 Å². The van der Waals surface area contributed by atoms with Gasteiger partial charge in [0.1, 0.15) is 4.83 Å². The summed E-state index contributed by atoms with van der Waals surface area (Å²) in [5, 5.41) is 0.694. The Hall–Kier alpha value is -1.40. The van der Waals surface area contributed by atoms with Gasteiger partial charge in [0.25, 0.3) is 5.56 Å². The smallest absolute Gasteiger partial charge is 0.263 e. The van der Waals surface area contributed by atoms with Crippen molar-refractivity contribution in [1.82, 2.24) is 9.55 Å². The van der Waals surface area contributed by atoms with Crippen molar-refractivity contribution in [2.75, 3.05) is 5.43 Å². The van der Waals surface area contributed by atoms with Gasteiger partial charge >= 0.3 is 0 Å². The first-order valence-electron chi connectivity index (χ1n) is 4.49. The molecule has 2 heterocycles. The number of nitrogens with two attached hydrogens (primary N) is 1. The Bertz CT molecular complexity index is 584. The Morgan fingerprint density at radius 2 is 2.13 bits per heavy atom. The normalized spacial score (nSPS) is 10.9. The lowest BCUT2D eigenvalue weighted by Crippen LogP contribution is -2.24. The van der Waals surface area contributed by atoms with Crippen LogP contribution in [-0.2, 0) is 7.05 Å². The molecular weight excluding hydrogens is 212 g/mol. The van der Waals surface area contributed by atoms with Gasteiger partial charge in [-0.15, -0.1) is 11.3 Å². The van der Waals surface area contributed by atoms with Gasteiger partial charge in [0.05, 0.1) is 5.39 Å². The van der Waals surface area contributed by atoms with E-state index in [9.17, 15) is 4.79 Å². The van der Waals surface area contributed by atoms with Crippen molar-refractivity contribution < 1.29 is 0 Å². The van der Waals surface area contributed by atoms with Crippen molar-refractivity contribution in [3.05, 3.63) is 20.8 Å². The van der Waals surface area contributed by atoms with Crippen LogP contribution in [-0.4, -0.2) is 9.55 Å². The molecule has 2 aromatic rings. The molecule has 0 aliphatic heterocycles. The van der Waals surface area contributed by atoms with Gasteiger partial charge in [-0.1, -0.05) is 0 Å². The molecule has 0 aliphatic carbocycles. The van der Waals surface area contributed by atoms with Crippen molar-refractivity contribution in [3.8, 4) is 0 Å². The summed E-state index contributed by atoms with van der Waals surface area (Å²) in [6, 6.07) is 0. The number of aryl methyl sites for hydroxylation is 2. The zero-order valence-electron chi connectivity index (χ0n) is 8.79. The lowest BCUT2D eigenvalue weighted by atomic mass is 10.2. The average Bonchev–Trinajstić information content (AvgIpc) is 2.49. The maximum Gasteiger partial charge on any atom is 0.263 e. The minimum Gasteiger partial charge on any atom is -0.294 e. The Kier molecular flexibility index (Phi) is 2.24. The average molecular weight is 224 g/mol. The van der Waals surface area contributed by atoms with Crippen molar-refractivity contribution >= 4 is 27.5 Å². The molecule has 0 fully saturated rings. The van der Waals surface area contributed by atoms with Crippen LogP contribution in [0.15, 0.2) is 4.79 Å². The second-order valence-electron chi connectivity index (χ2n) is 3.41. The zero-order valence-corrected chi connectivity index (χ0v) is 9.60. The highest BCUT2D eigenvalue weighted by Crippen LogP contribution is 2.26. The molecule has 0 aliphatic rings. The van der Waals surface area contributed by atoms with Crippen molar-refractivity contribution in [2.24, 2.45) is 12.9 Å². The summed E-state index contributed by atoms with van der Waals surface area (Å²) < 4.78 is 1.42. The number of anilines is 1. The lowest BCUT2D eigenvalue weighted by Gasteiger charge is -2.05. The molecule has 0 amide bonds. The second kappa shape index (κ2) is 3.32. The Balaban J connectivity index is 2.98. The Morgan fingerprint density at radius 1 is 1.47 bits per heavy atom. The van der Waals surface area contributed by atoms with E-state index in [4.69, 9.17) is 5.84 Å². The molecule has 3 N–H and O–H groups in total. The molecule has 5 nitrogen and oxygen atoms in total. The maximum atomic E-state index is 12.0. The van der Waals surface area contributed by atoms with Crippen molar-refractivity contribution in [1.29, 1.82) is 0 Å². The van der Waals surface area contributed by atoms with Gasteiger partial charge in [-0.2, -0.15) is 0 Å². The highest BCUT2D eigenvalue weighted by molar-refractivity contribution is 7.18. The van der Waals surface area contributed by atoms with Crippen LogP contribution in [0.2, 0.25) is 0 Å². The van der Waals surface area contributed by atoms with E-state index in [0.717, 1.165) is 15.3 Å². The first-order chi connectivity index (χ1) is 7.06. The van der Waals surface area contributed by atoms with E-state index in [0.29, 0.717) is 11.3 Å². The summed E-state index contributed by atoms with van der Waals surface area (Å²) in [6.45, 7) is 3.92. The Morgan fingerprint density at radius 3 is 2.73 bits per heavy atom. The summed E-state index contributed by atoms with van der Waals surface area (Å²) in [5.41, 5.74) is 3.36. The molecule has 0 bridgehead atoms. The standard InChI is InChI=1S/C9H12N4OS/c1-4-5(2)15-7-6(4)8(14)13(3)9(11-7)12-10/h10H2,1-3H3,(H,11,12). The van der Waals surface area contributed by atoms with E-state index < -0.39 is 0 Å². The van der Waals surface area contributed by atoms with Gasteiger partial charge in [-0.05, 0) is 19.4 Å². The molecule has 2 rings (SSSR count). The second-order valence-corrected chi connectivity index (χ2v) is 4.61. The molecule has 80 valence electrons. The molecule has 0 aromatic carbocycles. The third-order valence-corrected chi connectivity index (χ3v) is 3.64. The molecule has 2 aromatic heterocycles. The SMILES string of the molecule is Cc1sc2nc(NN)n(C)c(=O)c2c1C. The summed E-state index contributed by atoms with van der Waals surface area (Å²) >= 11 is 1.51. The molecule has 15 heavy (non-hydrogen) atoms. The van der Waals surface area contributed by atoms with Gasteiger partial charge in [0.15, 0.2) is 0 Å². The highest BCUT2D eigenvalue weighted by atomic mass is 32.1. The van der Waals surface area contributed by atoms with Crippen LogP contribution >= 0.6 is 11.3 Å². The number of nitrogens with one attached hydrogen (secondary N) is 1. The van der Waals surface area contributed by atoms with Crippen molar-refractivity contribution in [2.45, 2.75) is 13.8 Å². The molecule has 6 heteroatoms. The minimum atomic E-state index is -0.0604. The van der Waals surface area contributed by atoms with E-state index in [1.54, 1.807) is 7.05 Å². The van der Waals surface area contributed by atoms with E-state index in [1.807, 2.05) is 13.8 Å². The summed E-state index contributed by atoms with van der Waals surface area (Å²) in [5.74, 6) is 5.67. The van der Waals surface area contributed by atoms with Gasteiger partial charge < -0.3 is 0 Å². The predicted octanol–water partition coefficient (Wildman–Crippen LogP) is 0.897. The van der Waals surface area contributed by atoms with E-state index >= 15 is 0 Å². The van der Waals surface area contributed by atoms with Crippen LogP contribution in [0.25, 0.3) is 10.2 Å². The molecule has 0 atom stereocenters. The summed E-state index contributed by atoms with van der Waals surface area (Å²) in [4.78, 5) is 18.1. The van der Waals surface area contributed by atoms with E-state index in [1.165, 1.54) is 15.9 Å². The van der Waals surface area contributed by atoms with Crippen LogP contribution < -0.4 is 16.8 Å². The third kappa shape index (κ3) is 1.33. The van der Waals surface area contributed by atoms with Gasteiger partial charge in [-0.25, -0.2) is 10.8 Å². The number of nitrogen functional groups attached to an aromatic ring is 1. The molecule has 0 saturated heterocycles. The highest BCUT2D eigenvalue weighted by Gasteiger charge is 2.13. The summed E-state index contributed by atoms with van der Waals surface area (Å²) in [6.07, 6.45) is 0. The van der Waals surface area contributed by atoms with Crippen LogP contribution in [0.1, 0.15) is 10.4 Å². The number of rotatable bonds is 1. The molecular formula is C9H12N4OS. The van der Waals surface area contributed by atoms with Crippen LogP contribution in [0.4, 0.5) is 5.95 Å². The molecule has 0 saturated carbocycles. The first-order valence-corrected chi connectivity index (χ1v) is 5.31. The quantitative estimate of drug-likeness (QED) is 0.557. The predicted molar refractivity (Wildman–Crippen MR) is 62.1 cm³/mol. The fraction of sp³-hybridized carbons (Fsp3) is 0.333. The van der Waals surface area contributed by atoms with E-state index in [2.05, 4.69) is 10.4 Å². The van der Waals surface area contributed by atoms with Gasteiger partial charge in [0.2, 0.25) is 5.95 Å². The monoisotopic (exact) mass is 224 g/mol. The molecule has 0 unspecified atom stereocenters. The summed E-state index contributed by atoms with van der Waals surface area (Å²) in [7, 11) is 1.65. The number of hydrazine groups is 1. The van der Waals surface area contributed by atoms with Gasteiger partial charge in [-0.3, -0.25) is 14.8 Å². The number of aromatic nitrogens is 2. The third-order valence-electron chi connectivity index (χ3n) is 2.54. The fourth-order valence-corrected chi connectivity index (χ4v) is 2.52. The largest absolute Gasteiger partial charge is 0.294 e. The number of fused-ring (bicyclic) bond motifs is 1. The zero-order chi connectivity index (χ0) is 11.2. The topological polar surface area (TPSA) is 72.9 Å². The van der Waals surface area contributed by atoms with Crippen molar-refractivity contribution in [3.63, 3.8) is 0 Å². The minimum absolute atomic E-state index is 0.0604. The number of thiophene rings is 1. The molecule has 0 radical (unpaired) electrons. The van der Waals surface area contributed by atoms with Crippen LogP contribution in [0, 0.1) is 13.8 Å². The Labute approximate surface area is 90.5 Å². The number of hydrogen-bond donors (Lipinski definition) is 2. The van der Waals surface area contributed by atoms with Crippen LogP contribution in [0.3, 0.4) is 0 Å². The number of nitrogens with zero attached hydrogens (tertiary/aromatic N) is 2.